The van der Waals surface area contributed by atoms with Gasteiger partial charge in [0, 0.05) is 39.4 Å². The van der Waals surface area contributed by atoms with Gasteiger partial charge in [0.1, 0.15) is 10.5 Å². The van der Waals surface area contributed by atoms with Crippen LogP contribution in [-0.2, 0) is 26.0 Å². The van der Waals surface area contributed by atoms with Crippen molar-refractivity contribution in [2.45, 2.75) is 23.5 Å². The average molecular weight is 301 g/mol. The zero-order chi connectivity index (χ0) is 14.6. The largest absolute Gasteiger partial charge is 0.378 e. The molecule has 1 aromatic rings. The highest BCUT2D eigenvalue weighted by Crippen LogP contribution is 2.22. The number of hydrogen-bond acceptors (Lipinski definition) is 6. The predicted molar refractivity (Wildman–Crippen MR) is 72.5 cm³/mol. The molecule has 1 aromatic heterocycles. The number of hydrogen-bond donors (Lipinski definition) is 2. The minimum Gasteiger partial charge on any atom is -0.378 e. The molecule has 1 saturated heterocycles. The van der Waals surface area contributed by atoms with Gasteiger partial charge < -0.3 is 15.2 Å². The first-order valence-electron chi connectivity index (χ1n) is 6.29. The van der Waals surface area contributed by atoms with E-state index in [4.69, 9.17) is 15.2 Å². The zero-order valence-corrected chi connectivity index (χ0v) is 12.1. The molecule has 1 atom stereocenters. The molecule has 1 aliphatic rings. The fraction of sp³-hybridized carbons (Fsp3) is 0.583. The van der Waals surface area contributed by atoms with Gasteiger partial charge in [-0.1, -0.05) is 0 Å². The van der Waals surface area contributed by atoms with E-state index in [1.165, 1.54) is 12.3 Å². The van der Waals surface area contributed by atoms with E-state index in [0.717, 1.165) is 0 Å². The number of nitrogens with two attached hydrogens (primary N) is 1. The lowest BCUT2D eigenvalue weighted by atomic mass is 10.0. The normalized spacial score (nSPS) is 23.1. The molecular formula is C12H19N3O4S. The van der Waals surface area contributed by atoms with Crippen molar-refractivity contribution in [1.82, 2.24) is 9.71 Å². The molecule has 2 heterocycles. The Bertz CT molecular complexity index is 538. The van der Waals surface area contributed by atoms with Crippen LogP contribution in [-0.4, -0.2) is 45.9 Å². The van der Waals surface area contributed by atoms with E-state index in [-0.39, 0.29) is 18.0 Å². The van der Waals surface area contributed by atoms with Gasteiger partial charge in [0.25, 0.3) is 0 Å². The van der Waals surface area contributed by atoms with E-state index in [9.17, 15) is 8.42 Å². The van der Waals surface area contributed by atoms with Crippen molar-refractivity contribution in [2.24, 2.45) is 5.73 Å². The van der Waals surface area contributed by atoms with Gasteiger partial charge >= 0.3 is 0 Å². The summed E-state index contributed by atoms with van der Waals surface area (Å²) in [6.45, 7) is 1.40. The van der Waals surface area contributed by atoms with Gasteiger partial charge in [0.15, 0.2) is 0 Å². The maximum Gasteiger partial charge on any atom is 0.242 e. The maximum atomic E-state index is 12.2. The van der Waals surface area contributed by atoms with E-state index in [2.05, 4.69) is 9.71 Å². The van der Waals surface area contributed by atoms with Gasteiger partial charge in [-0.2, -0.15) is 0 Å². The predicted octanol–water partition coefficient (Wildman–Crippen LogP) is -0.376. The van der Waals surface area contributed by atoms with E-state index in [1.54, 1.807) is 13.2 Å². The third kappa shape index (κ3) is 3.33. The van der Waals surface area contributed by atoms with Crippen molar-refractivity contribution in [2.75, 3.05) is 26.9 Å². The summed E-state index contributed by atoms with van der Waals surface area (Å²) < 4.78 is 37.5. The van der Waals surface area contributed by atoms with Gasteiger partial charge in [0.2, 0.25) is 10.0 Å². The topological polar surface area (TPSA) is 104 Å². The highest BCUT2D eigenvalue weighted by atomic mass is 32.2. The van der Waals surface area contributed by atoms with Crippen LogP contribution in [0.1, 0.15) is 12.1 Å². The second kappa shape index (κ2) is 6.15. The Kier molecular flexibility index (Phi) is 4.71. The van der Waals surface area contributed by atoms with Crippen LogP contribution in [0.4, 0.5) is 0 Å². The van der Waals surface area contributed by atoms with Crippen molar-refractivity contribution in [3.8, 4) is 0 Å². The Hall–Kier alpha value is -1.06. The molecule has 0 aliphatic carbocycles. The highest BCUT2D eigenvalue weighted by molar-refractivity contribution is 7.89. The number of rotatable bonds is 6. The van der Waals surface area contributed by atoms with Crippen LogP contribution in [0, 0.1) is 0 Å². The van der Waals surface area contributed by atoms with Crippen molar-refractivity contribution in [3.63, 3.8) is 0 Å². The van der Waals surface area contributed by atoms with Gasteiger partial charge in [-0.05, 0) is 12.1 Å². The molecule has 8 heteroatoms. The van der Waals surface area contributed by atoms with E-state index < -0.39 is 15.6 Å². The smallest absolute Gasteiger partial charge is 0.242 e. The van der Waals surface area contributed by atoms with Crippen molar-refractivity contribution in [1.29, 1.82) is 0 Å². The van der Waals surface area contributed by atoms with E-state index in [1.807, 2.05) is 0 Å². The Balaban J connectivity index is 2.06. The van der Waals surface area contributed by atoms with Crippen molar-refractivity contribution in [3.05, 3.63) is 24.0 Å². The molecule has 1 unspecified atom stereocenters. The number of methoxy groups -OCH3 is 1. The lowest BCUT2D eigenvalue weighted by Gasteiger charge is -2.25. The first-order chi connectivity index (χ1) is 9.51. The van der Waals surface area contributed by atoms with Crippen molar-refractivity contribution < 1.29 is 17.9 Å². The molecule has 7 nitrogen and oxygen atoms in total. The molecule has 0 bridgehead atoms. The summed E-state index contributed by atoms with van der Waals surface area (Å²) in [6.07, 6.45) is 1.96. The maximum absolute atomic E-state index is 12.2. The lowest BCUT2D eigenvalue weighted by Crippen LogP contribution is -2.44. The third-order valence-corrected chi connectivity index (χ3v) is 4.79. The standard InChI is InChI=1S/C12H19N3O4S/c1-18-12(4-5-19-9-12)8-15-20(16,17)11-3-2-10(6-13)14-7-11/h2-3,7,15H,4-6,8-9,13H2,1H3. The van der Waals surface area contributed by atoms with Gasteiger partial charge in [-0.3, -0.25) is 4.98 Å². The fourth-order valence-corrected chi connectivity index (χ4v) is 3.02. The minimum absolute atomic E-state index is 0.111. The molecule has 0 aromatic carbocycles. The summed E-state index contributed by atoms with van der Waals surface area (Å²) in [4.78, 5) is 4.09. The molecule has 112 valence electrons. The first-order valence-corrected chi connectivity index (χ1v) is 7.77. The van der Waals surface area contributed by atoms with Crippen LogP contribution < -0.4 is 10.5 Å². The SMILES string of the molecule is COC1(CNS(=O)(=O)c2ccc(CN)nc2)CCOC1. The van der Waals surface area contributed by atoms with Crippen LogP contribution in [0.25, 0.3) is 0 Å². The molecule has 3 N–H and O–H groups in total. The lowest BCUT2D eigenvalue weighted by molar-refractivity contribution is -0.0120. The number of nitrogens with one attached hydrogen (secondary N) is 1. The Morgan fingerprint density at radius 1 is 1.55 bits per heavy atom. The number of nitrogens with zero attached hydrogens (tertiary/aromatic N) is 1. The summed E-state index contributed by atoms with van der Waals surface area (Å²) in [5.74, 6) is 0. The van der Waals surface area contributed by atoms with Crippen LogP contribution in [0.3, 0.4) is 0 Å². The number of aromatic nitrogens is 1. The summed E-state index contributed by atoms with van der Waals surface area (Å²) in [5, 5.41) is 0. The Morgan fingerprint density at radius 3 is 2.85 bits per heavy atom. The molecule has 1 aliphatic heterocycles. The van der Waals surface area contributed by atoms with E-state index >= 15 is 0 Å². The molecule has 1 fully saturated rings. The van der Waals surface area contributed by atoms with Crippen LogP contribution in [0.15, 0.2) is 23.2 Å². The third-order valence-electron chi connectivity index (χ3n) is 3.40. The summed E-state index contributed by atoms with van der Waals surface area (Å²) >= 11 is 0. The zero-order valence-electron chi connectivity index (χ0n) is 11.3. The molecule has 0 amide bonds. The molecular weight excluding hydrogens is 282 g/mol. The summed E-state index contributed by atoms with van der Waals surface area (Å²) in [6, 6.07) is 3.08. The molecule has 2 rings (SSSR count). The van der Waals surface area contributed by atoms with Crippen LogP contribution >= 0.6 is 0 Å². The second-order valence-electron chi connectivity index (χ2n) is 4.70. The Labute approximate surface area is 118 Å². The van der Waals surface area contributed by atoms with E-state index in [0.29, 0.717) is 25.3 Å². The quantitative estimate of drug-likeness (QED) is 0.742. The average Bonchev–Trinajstić information content (AvgIpc) is 2.95. The number of sulfonamides is 1. The minimum atomic E-state index is -3.61. The monoisotopic (exact) mass is 301 g/mol. The van der Waals surface area contributed by atoms with Gasteiger partial charge in [-0.15, -0.1) is 0 Å². The molecule has 20 heavy (non-hydrogen) atoms. The van der Waals surface area contributed by atoms with Crippen molar-refractivity contribution >= 4 is 10.0 Å². The second-order valence-corrected chi connectivity index (χ2v) is 6.47. The fourth-order valence-electron chi connectivity index (χ4n) is 1.96. The van der Waals surface area contributed by atoms with Crippen LogP contribution in [0.5, 0.6) is 0 Å². The number of ether oxygens (including phenoxy) is 2. The van der Waals surface area contributed by atoms with Gasteiger partial charge in [-0.25, -0.2) is 13.1 Å². The first kappa shape index (κ1) is 15.3. The molecule has 0 radical (unpaired) electrons. The Morgan fingerprint density at radius 2 is 2.35 bits per heavy atom. The highest BCUT2D eigenvalue weighted by Gasteiger charge is 2.36. The van der Waals surface area contributed by atoms with Crippen LogP contribution in [0.2, 0.25) is 0 Å². The number of pyridine rings is 1. The summed E-state index contributed by atoms with van der Waals surface area (Å²) in [5.41, 5.74) is 5.48. The summed E-state index contributed by atoms with van der Waals surface area (Å²) in [7, 11) is -2.05. The van der Waals surface area contributed by atoms with Gasteiger partial charge in [0.05, 0.1) is 12.3 Å². The molecule has 0 spiro atoms. The molecule has 0 saturated carbocycles.